The van der Waals surface area contributed by atoms with Gasteiger partial charge in [-0.3, -0.25) is 4.79 Å². The molecule has 7 nitrogen and oxygen atoms in total. The summed E-state index contributed by atoms with van der Waals surface area (Å²) in [5, 5.41) is 10.9. The molecule has 0 atom stereocenters. The highest BCUT2D eigenvalue weighted by Crippen LogP contribution is 2.17. The van der Waals surface area contributed by atoms with Crippen LogP contribution in [0, 0.1) is 0 Å². The summed E-state index contributed by atoms with van der Waals surface area (Å²) in [7, 11) is 0. The molecule has 0 saturated carbocycles. The highest BCUT2D eigenvalue weighted by Gasteiger charge is 2.10. The van der Waals surface area contributed by atoms with E-state index in [1.54, 1.807) is 6.33 Å². The van der Waals surface area contributed by atoms with E-state index in [0.29, 0.717) is 18.6 Å². The second-order valence-electron chi connectivity index (χ2n) is 3.43. The molecular formula is C10H11ClN6O. The average Bonchev–Trinajstić information content (AvgIpc) is 2.83. The van der Waals surface area contributed by atoms with Crippen molar-refractivity contribution < 1.29 is 4.79 Å². The first kappa shape index (κ1) is 12.4. The van der Waals surface area contributed by atoms with Crippen LogP contribution in [0.3, 0.4) is 0 Å². The Morgan fingerprint density at radius 2 is 2.33 bits per heavy atom. The number of anilines is 1. The normalized spacial score (nSPS) is 10.3. The monoisotopic (exact) mass is 266 g/mol. The zero-order valence-corrected chi connectivity index (χ0v) is 10.4. The molecule has 0 spiro atoms. The van der Waals surface area contributed by atoms with Crippen LogP contribution in [0.5, 0.6) is 0 Å². The Morgan fingerprint density at radius 3 is 3.06 bits per heavy atom. The second kappa shape index (κ2) is 5.54. The van der Waals surface area contributed by atoms with Gasteiger partial charge in [-0.2, -0.15) is 0 Å². The van der Waals surface area contributed by atoms with Gasteiger partial charge in [-0.25, -0.2) is 9.97 Å². The molecule has 0 amide bonds. The number of rotatable bonds is 5. The fourth-order valence-corrected chi connectivity index (χ4v) is 1.64. The lowest BCUT2D eigenvalue weighted by Gasteiger charge is -2.08. The van der Waals surface area contributed by atoms with Gasteiger partial charge in [0, 0.05) is 6.54 Å². The smallest absolute Gasteiger partial charge is 0.156 e. The molecule has 8 heteroatoms. The second-order valence-corrected chi connectivity index (χ2v) is 3.79. The third-order valence-corrected chi connectivity index (χ3v) is 2.70. The number of aldehydes is 1. The van der Waals surface area contributed by atoms with Crippen LogP contribution >= 0.6 is 11.6 Å². The molecule has 1 N–H and O–H groups in total. The van der Waals surface area contributed by atoms with E-state index < -0.39 is 0 Å². The summed E-state index contributed by atoms with van der Waals surface area (Å²) in [6.45, 7) is 3.17. The largest absolute Gasteiger partial charge is 0.362 e. The average molecular weight is 267 g/mol. The maximum absolute atomic E-state index is 10.9. The van der Waals surface area contributed by atoms with Crippen molar-refractivity contribution in [3.05, 3.63) is 29.2 Å². The van der Waals surface area contributed by atoms with E-state index in [9.17, 15) is 4.79 Å². The van der Waals surface area contributed by atoms with Gasteiger partial charge in [0.1, 0.15) is 23.6 Å². The molecule has 18 heavy (non-hydrogen) atoms. The van der Waals surface area contributed by atoms with E-state index in [1.807, 2.05) is 11.5 Å². The molecule has 2 heterocycles. The van der Waals surface area contributed by atoms with Crippen LogP contribution in [0.2, 0.25) is 5.15 Å². The van der Waals surface area contributed by atoms with Crippen molar-refractivity contribution in [1.29, 1.82) is 0 Å². The molecule has 0 saturated heterocycles. The SMILES string of the molecule is CCn1cnnc1CNc1ncnc(Cl)c1C=O. The number of nitrogens with one attached hydrogen (secondary N) is 1. The van der Waals surface area contributed by atoms with Crippen molar-refractivity contribution in [1.82, 2.24) is 24.7 Å². The van der Waals surface area contributed by atoms with Gasteiger partial charge < -0.3 is 9.88 Å². The van der Waals surface area contributed by atoms with Gasteiger partial charge in [-0.05, 0) is 6.92 Å². The van der Waals surface area contributed by atoms with Crippen LogP contribution in [0.15, 0.2) is 12.7 Å². The highest BCUT2D eigenvalue weighted by molar-refractivity contribution is 6.32. The van der Waals surface area contributed by atoms with Gasteiger partial charge in [0.2, 0.25) is 0 Å². The Labute approximate surface area is 108 Å². The first-order valence-electron chi connectivity index (χ1n) is 5.32. The van der Waals surface area contributed by atoms with Crippen LogP contribution in [0.4, 0.5) is 5.82 Å². The summed E-state index contributed by atoms with van der Waals surface area (Å²) in [6, 6.07) is 0. The number of carbonyl (C=O) groups excluding carboxylic acids is 1. The maximum atomic E-state index is 10.9. The lowest BCUT2D eigenvalue weighted by atomic mass is 10.3. The molecule has 0 aliphatic carbocycles. The Morgan fingerprint density at radius 1 is 1.50 bits per heavy atom. The number of carbonyl (C=O) groups is 1. The fourth-order valence-electron chi connectivity index (χ4n) is 1.46. The molecule has 0 aromatic carbocycles. The molecule has 0 aliphatic rings. The summed E-state index contributed by atoms with van der Waals surface area (Å²) < 4.78 is 1.89. The van der Waals surface area contributed by atoms with E-state index in [2.05, 4.69) is 25.5 Å². The number of halogens is 1. The number of aromatic nitrogens is 5. The van der Waals surface area contributed by atoms with Gasteiger partial charge >= 0.3 is 0 Å². The third-order valence-electron chi connectivity index (χ3n) is 2.40. The number of nitrogens with zero attached hydrogens (tertiary/aromatic N) is 5. The van der Waals surface area contributed by atoms with Crippen molar-refractivity contribution >= 4 is 23.7 Å². The van der Waals surface area contributed by atoms with Crippen LogP contribution in [0.25, 0.3) is 0 Å². The molecular weight excluding hydrogens is 256 g/mol. The molecule has 0 fully saturated rings. The summed E-state index contributed by atoms with van der Waals surface area (Å²) in [4.78, 5) is 18.6. The zero-order valence-electron chi connectivity index (χ0n) is 9.67. The van der Waals surface area contributed by atoms with Gasteiger partial charge in [0.15, 0.2) is 12.1 Å². The molecule has 94 valence electrons. The quantitative estimate of drug-likeness (QED) is 0.646. The first-order chi connectivity index (χ1) is 8.76. The number of aryl methyl sites for hydroxylation is 1. The van der Waals surface area contributed by atoms with Gasteiger partial charge in [-0.1, -0.05) is 11.6 Å². The molecule has 0 unspecified atom stereocenters. The van der Waals surface area contributed by atoms with Gasteiger partial charge in [-0.15, -0.1) is 10.2 Å². The summed E-state index contributed by atoms with van der Waals surface area (Å²) in [5.41, 5.74) is 0.238. The summed E-state index contributed by atoms with van der Waals surface area (Å²) >= 11 is 5.79. The van der Waals surface area contributed by atoms with Crippen LogP contribution in [0.1, 0.15) is 23.1 Å². The molecule has 0 radical (unpaired) electrons. The topological polar surface area (TPSA) is 85.6 Å². The van der Waals surface area contributed by atoms with Crippen LogP contribution in [-0.4, -0.2) is 31.0 Å². The molecule has 2 aromatic rings. The fraction of sp³-hybridized carbons (Fsp3) is 0.300. The summed E-state index contributed by atoms with van der Waals surface area (Å²) in [5.74, 6) is 1.14. The molecule has 2 rings (SSSR count). The minimum atomic E-state index is 0.124. The van der Waals surface area contributed by atoms with E-state index in [4.69, 9.17) is 11.6 Å². The minimum Gasteiger partial charge on any atom is -0.362 e. The van der Waals surface area contributed by atoms with Gasteiger partial charge in [0.25, 0.3) is 0 Å². The molecule has 2 aromatic heterocycles. The lowest BCUT2D eigenvalue weighted by molar-refractivity contribution is 0.112. The Bertz CT molecular complexity index is 555. The van der Waals surface area contributed by atoms with Crippen LogP contribution in [-0.2, 0) is 13.1 Å². The standard InChI is InChI=1S/C10H11ClN6O/c1-2-17-6-15-16-8(17)3-12-10-7(4-18)9(11)13-5-14-10/h4-6H,2-3H2,1H3,(H,12,13,14). The summed E-state index contributed by atoms with van der Waals surface area (Å²) in [6.07, 6.45) is 3.56. The van der Waals surface area contributed by atoms with Crippen molar-refractivity contribution in [2.75, 3.05) is 5.32 Å². The van der Waals surface area contributed by atoms with Gasteiger partial charge in [0.05, 0.1) is 12.1 Å². The van der Waals surface area contributed by atoms with E-state index in [0.717, 1.165) is 12.4 Å². The predicted octanol–water partition coefficient (Wildman–Crippen LogP) is 1.17. The van der Waals surface area contributed by atoms with Crippen molar-refractivity contribution in [2.45, 2.75) is 20.0 Å². The van der Waals surface area contributed by atoms with E-state index >= 15 is 0 Å². The third kappa shape index (κ3) is 2.45. The Kier molecular flexibility index (Phi) is 3.83. The first-order valence-corrected chi connectivity index (χ1v) is 5.70. The van der Waals surface area contributed by atoms with Crippen molar-refractivity contribution in [3.63, 3.8) is 0 Å². The molecule has 0 aliphatic heterocycles. The van der Waals surface area contributed by atoms with E-state index in [1.165, 1.54) is 6.33 Å². The lowest BCUT2D eigenvalue weighted by Crippen LogP contribution is -2.10. The number of hydrogen-bond acceptors (Lipinski definition) is 6. The molecule has 0 bridgehead atoms. The zero-order chi connectivity index (χ0) is 13.0. The predicted molar refractivity (Wildman–Crippen MR) is 65.5 cm³/mol. The van der Waals surface area contributed by atoms with Crippen molar-refractivity contribution in [3.8, 4) is 0 Å². The van der Waals surface area contributed by atoms with Crippen LogP contribution < -0.4 is 5.32 Å². The van der Waals surface area contributed by atoms with Crippen molar-refractivity contribution in [2.24, 2.45) is 0 Å². The maximum Gasteiger partial charge on any atom is 0.156 e. The van der Waals surface area contributed by atoms with E-state index in [-0.39, 0.29) is 10.7 Å². The Hall–Kier alpha value is -2.02. The minimum absolute atomic E-state index is 0.124. The highest BCUT2D eigenvalue weighted by atomic mass is 35.5. The Balaban J connectivity index is 2.16. The number of hydrogen-bond donors (Lipinski definition) is 1.